The van der Waals surface area contributed by atoms with Gasteiger partial charge >= 0.3 is 12.1 Å². The molecule has 0 spiro atoms. The third kappa shape index (κ3) is 6.31. The van der Waals surface area contributed by atoms with E-state index in [1.807, 2.05) is 30.3 Å². The van der Waals surface area contributed by atoms with E-state index in [-0.39, 0.29) is 25.2 Å². The number of ether oxygens (including phenoxy) is 2. The molecule has 7 nitrogen and oxygen atoms in total. The lowest BCUT2D eigenvalue weighted by molar-refractivity contribution is -0.145. The lowest BCUT2D eigenvalue weighted by Crippen LogP contribution is -2.52. The Kier molecular flexibility index (Phi) is 7.41. The molecule has 144 valence electrons. The van der Waals surface area contributed by atoms with Crippen LogP contribution in [0.15, 0.2) is 30.3 Å². The molecule has 1 amide bonds. The van der Waals surface area contributed by atoms with Crippen LogP contribution < -0.4 is 0 Å². The molecule has 1 fully saturated rings. The number of amides is 1. The minimum absolute atomic E-state index is 0.138. The van der Waals surface area contributed by atoms with Crippen molar-refractivity contribution in [2.45, 2.75) is 32.0 Å². The molecule has 2 rings (SSSR count). The first-order valence-electron chi connectivity index (χ1n) is 8.94. The Morgan fingerprint density at radius 2 is 1.85 bits per heavy atom. The third-order valence-corrected chi connectivity index (χ3v) is 4.43. The van der Waals surface area contributed by atoms with Gasteiger partial charge in [-0.05, 0) is 32.4 Å². The SMILES string of the molecule is CCOC(=O)CN(C)CC1(O)CCN(C(=O)OCc2ccccc2)CC1. The van der Waals surface area contributed by atoms with Gasteiger partial charge in [0.15, 0.2) is 0 Å². The van der Waals surface area contributed by atoms with E-state index < -0.39 is 5.60 Å². The van der Waals surface area contributed by atoms with Crippen molar-refractivity contribution >= 4 is 12.1 Å². The molecule has 0 aliphatic carbocycles. The fourth-order valence-corrected chi connectivity index (χ4v) is 3.06. The molecule has 26 heavy (non-hydrogen) atoms. The Bertz CT molecular complexity index is 585. The van der Waals surface area contributed by atoms with Gasteiger partial charge in [0.1, 0.15) is 6.61 Å². The summed E-state index contributed by atoms with van der Waals surface area (Å²) in [6.07, 6.45) is 0.525. The first-order valence-corrected chi connectivity index (χ1v) is 8.94. The summed E-state index contributed by atoms with van der Waals surface area (Å²) in [6.45, 7) is 3.70. The predicted octanol–water partition coefficient (Wildman–Crippen LogP) is 1.64. The molecule has 1 heterocycles. The van der Waals surface area contributed by atoms with Gasteiger partial charge in [-0.3, -0.25) is 9.69 Å². The Balaban J connectivity index is 1.74. The highest BCUT2D eigenvalue weighted by Crippen LogP contribution is 2.23. The van der Waals surface area contributed by atoms with Crippen molar-refractivity contribution < 1.29 is 24.2 Å². The lowest BCUT2D eigenvalue weighted by Gasteiger charge is -2.39. The zero-order valence-electron chi connectivity index (χ0n) is 15.5. The van der Waals surface area contributed by atoms with Gasteiger partial charge in [-0.2, -0.15) is 0 Å². The number of carbonyl (C=O) groups excluding carboxylic acids is 2. The van der Waals surface area contributed by atoms with Crippen LogP contribution in [-0.2, 0) is 20.9 Å². The summed E-state index contributed by atoms with van der Waals surface area (Å²) in [4.78, 5) is 27.1. The molecular formula is C19H28N2O5. The van der Waals surface area contributed by atoms with E-state index in [0.29, 0.717) is 39.1 Å². The number of carbonyl (C=O) groups is 2. The number of esters is 1. The number of nitrogens with zero attached hydrogens (tertiary/aromatic N) is 2. The smallest absolute Gasteiger partial charge is 0.410 e. The van der Waals surface area contributed by atoms with Crippen molar-refractivity contribution in [1.29, 1.82) is 0 Å². The second-order valence-electron chi connectivity index (χ2n) is 6.73. The summed E-state index contributed by atoms with van der Waals surface area (Å²) >= 11 is 0. The lowest BCUT2D eigenvalue weighted by atomic mass is 9.91. The van der Waals surface area contributed by atoms with E-state index in [2.05, 4.69) is 0 Å². The van der Waals surface area contributed by atoms with Crippen molar-refractivity contribution in [1.82, 2.24) is 9.80 Å². The Hall–Kier alpha value is -2.12. The van der Waals surface area contributed by atoms with E-state index in [1.165, 1.54) is 0 Å². The maximum absolute atomic E-state index is 12.2. The minimum Gasteiger partial charge on any atom is -0.465 e. The van der Waals surface area contributed by atoms with Gasteiger partial charge in [0.05, 0.1) is 18.8 Å². The normalized spacial score (nSPS) is 16.4. The number of piperidine rings is 1. The molecule has 1 aromatic rings. The maximum Gasteiger partial charge on any atom is 0.410 e. The van der Waals surface area contributed by atoms with E-state index in [4.69, 9.17) is 9.47 Å². The van der Waals surface area contributed by atoms with Crippen LogP contribution in [0.25, 0.3) is 0 Å². The molecule has 0 unspecified atom stereocenters. The topological polar surface area (TPSA) is 79.3 Å². The highest BCUT2D eigenvalue weighted by molar-refractivity contribution is 5.71. The Morgan fingerprint density at radius 3 is 2.46 bits per heavy atom. The summed E-state index contributed by atoms with van der Waals surface area (Å²) in [6, 6.07) is 9.52. The average molecular weight is 364 g/mol. The van der Waals surface area contributed by atoms with Crippen molar-refractivity contribution in [2.24, 2.45) is 0 Å². The zero-order chi connectivity index (χ0) is 19.0. The van der Waals surface area contributed by atoms with Crippen molar-refractivity contribution in [2.75, 3.05) is 39.8 Å². The summed E-state index contributed by atoms with van der Waals surface area (Å²) in [5.41, 5.74) is 0.0206. The first-order chi connectivity index (χ1) is 12.4. The van der Waals surface area contributed by atoms with Gasteiger partial charge in [0, 0.05) is 19.6 Å². The van der Waals surface area contributed by atoms with Crippen LogP contribution in [-0.4, -0.2) is 72.4 Å². The average Bonchev–Trinajstić information content (AvgIpc) is 2.61. The molecule has 1 N–H and O–H groups in total. The number of likely N-dealkylation sites (N-methyl/N-ethyl adjacent to an activating group) is 1. The summed E-state index contributed by atoms with van der Waals surface area (Å²) < 4.78 is 10.2. The van der Waals surface area contributed by atoms with Gasteiger partial charge in [-0.25, -0.2) is 4.79 Å². The highest BCUT2D eigenvalue weighted by Gasteiger charge is 2.35. The number of hydrogen-bond acceptors (Lipinski definition) is 6. The van der Waals surface area contributed by atoms with Gasteiger partial charge in [-0.1, -0.05) is 30.3 Å². The second-order valence-corrected chi connectivity index (χ2v) is 6.73. The maximum atomic E-state index is 12.2. The Morgan fingerprint density at radius 1 is 1.19 bits per heavy atom. The van der Waals surface area contributed by atoms with Crippen LogP contribution in [0.5, 0.6) is 0 Å². The quantitative estimate of drug-likeness (QED) is 0.741. The van der Waals surface area contributed by atoms with Crippen LogP contribution >= 0.6 is 0 Å². The van der Waals surface area contributed by atoms with E-state index in [0.717, 1.165) is 5.56 Å². The zero-order valence-corrected chi connectivity index (χ0v) is 15.5. The number of likely N-dealkylation sites (tertiary alicyclic amines) is 1. The third-order valence-electron chi connectivity index (χ3n) is 4.43. The fourth-order valence-electron chi connectivity index (χ4n) is 3.06. The van der Waals surface area contributed by atoms with Gasteiger partial charge in [-0.15, -0.1) is 0 Å². The Labute approximate surface area is 154 Å². The molecule has 1 aliphatic rings. The molecule has 1 aliphatic heterocycles. The largest absolute Gasteiger partial charge is 0.465 e. The number of hydrogen-bond donors (Lipinski definition) is 1. The molecule has 0 bridgehead atoms. The summed E-state index contributed by atoms with van der Waals surface area (Å²) in [7, 11) is 1.77. The number of benzene rings is 1. The van der Waals surface area contributed by atoms with Crippen LogP contribution in [0, 0.1) is 0 Å². The second kappa shape index (κ2) is 9.54. The van der Waals surface area contributed by atoms with Crippen molar-refractivity contribution in [3.63, 3.8) is 0 Å². The minimum atomic E-state index is -0.919. The molecule has 0 radical (unpaired) electrons. The van der Waals surface area contributed by atoms with Crippen molar-refractivity contribution in [3.05, 3.63) is 35.9 Å². The van der Waals surface area contributed by atoms with Gasteiger partial charge in [0.25, 0.3) is 0 Å². The van der Waals surface area contributed by atoms with Crippen LogP contribution in [0.2, 0.25) is 0 Å². The fraction of sp³-hybridized carbons (Fsp3) is 0.579. The molecule has 0 aromatic heterocycles. The van der Waals surface area contributed by atoms with Crippen LogP contribution in [0.4, 0.5) is 4.79 Å². The number of rotatable bonds is 7. The molecule has 1 saturated heterocycles. The molecule has 0 atom stereocenters. The van der Waals surface area contributed by atoms with Crippen LogP contribution in [0.3, 0.4) is 0 Å². The van der Waals surface area contributed by atoms with E-state index in [1.54, 1.807) is 23.8 Å². The molecule has 7 heteroatoms. The van der Waals surface area contributed by atoms with Gasteiger partial charge < -0.3 is 19.5 Å². The predicted molar refractivity (Wildman–Crippen MR) is 96.5 cm³/mol. The van der Waals surface area contributed by atoms with Gasteiger partial charge in [0.2, 0.25) is 0 Å². The first kappa shape index (κ1) is 20.2. The highest BCUT2D eigenvalue weighted by atomic mass is 16.6. The van der Waals surface area contributed by atoms with E-state index >= 15 is 0 Å². The number of aliphatic hydroxyl groups is 1. The van der Waals surface area contributed by atoms with Crippen LogP contribution in [0.1, 0.15) is 25.3 Å². The van der Waals surface area contributed by atoms with Crippen molar-refractivity contribution in [3.8, 4) is 0 Å². The summed E-state index contributed by atoms with van der Waals surface area (Å²) in [5.74, 6) is -0.305. The molecule has 0 saturated carbocycles. The van der Waals surface area contributed by atoms with E-state index in [9.17, 15) is 14.7 Å². The summed E-state index contributed by atoms with van der Waals surface area (Å²) in [5, 5.41) is 10.7. The molecular weight excluding hydrogens is 336 g/mol. The standard InChI is InChI=1S/C19H28N2O5/c1-3-25-17(22)13-20(2)15-19(24)9-11-21(12-10-19)18(23)26-14-16-7-5-4-6-8-16/h4-8,24H,3,9-15H2,1-2H3. The monoisotopic (exact) mass is 364 g/mol. The molecule has 1 aromatic carbocycles.